The molecule has 0 spiro atoms. The van der Waals surface area contributed by atoms with E-state index in [1.54, 1.807) is 35.2 Å². The third-order valence-electron chi connectivity index (χ3n) is 4.04. The first kappa shape index (κ1) is 16.6. The van der Waals surface area contributed by atoms with Crippen molar-refractivity contribution in [3.8, 4) is 5.75 Å². The van der Waals surface area contributed by atoms with Gasteiger partial charge in [-0.15, -0.1) is 0 Å². The largest absolute Gasteiger partial charge is 0.508 e. The number of phenols is 1. The normalized spacial score (nSPS) is 14.8. The van der Waals surface area contributed by atoms with Crippen molar-refractivity contribution >= 4 is 51.9 Å². The number of para-hydroxylation sites is 1. The number of carbonyl (C=O) groups is 1. The Morgan fingerprint density at radius 2 is 1.65 bits per heavy atom. The third kappa shape index (κ3) is 2.83. The van der Waals surface area contributed by atoms with Gasteiger partial charge >= 0.3 is 0 Å². The van der Waals surface area contributed by atoms with E-state index in [9.17, 15) is 9.90 Å². The van der Waals surface area contributed by atoms with E-state index in [0.717, 1.165) is 5.69 Å². The van der Waals surface area contributed by atoms with E-state index in [-0.39, 0.29) is 17.4 Å². The number of halogens is 2. The minimum Gasteiger partial charge on any atom is -0.508 e. The zero-order valence-corrected chi connectivity index (χ0v) is 14.9. The number of nitrogens with zero attached hydrogens (tertiary/aromatic N) is 2. The summed E-state index contributed by atoms with van der Waals surface area (Å²) in [5.74, 6) is -0.212. The summed E-state index contributed by atoms with van der Waals surface area (Å²) in [5, 5.41) is 10.7. The molecule has 6 heteroatoms. The minimum atomic E-state index is -0.275. The van der Waals surface area contributed by atoms with Crippen molar-refractivity contribution in [2.75, 3.05) is 4.90 Å². The van der Waals surface area contributed by atoms with E-state index in [1.165, 1.54) is 6.07 Å². The first-order chi connectivity index (χ1) is 12.5. The summed E-state index contributed by atoms with van der Waals surface area (Å²) in [6.07, 6.45) is 0. The van der Waals surface area contributed by atoms with Crippen LogP contribution in [0.5, 0.6) is 5.75 Å². The van der Waals surface area contributed by atoms with Gasteiger partial charge in [0, 0.05) is 11.3 Å². The second-order valence-electron chi connectivity index (χ2n) is 5.74. The second kappa shape index (κ2) is 6.48. The number of hydrogen-bond acceptors (Lipinski definition) is 3. The molecule has 1 amide bonds. The van der Waals surface area contributed by atoms with Gasteiger partial charge in [-0.3, -0.25) is 9.69 Å². The molecule has 0 saturated heterocycles. The topological polar surface area (TPSA) is 52.9 Å². The van der Waals surface area contributed by atoms with Crippen LogP contribution in [0.2, 0.25) is 10.0 Å². The van der Waals surface area contributed by atoms with E-state index in [0.29, 0.717) is 27.0 Å². The Morgan fingerprint density at radius 1 is 0.885 bits per heavy atom. The number of hydrogen-bond donors (Lipinski definition) is 1. The van der Waals surface area contributed by atoms with Crippen LogP contribution in [-0.4, -0.2) is 16.7 Å². The lowest BCUT2D eigenvalue weighted by molar-refractivity contribution is -0.111. The van der Waals surface area contributed by atoms with Crippen molar-refractivity contribution in [1.82, 2.24) is 0 Å². The lowest BCUT2D eigenvalue weighted by atomic mass is 10.1. The van der Waals surface area contributed by atoms with Crippen LogP contribution >= 0.6 is 23.2 Å². The van der Waals surface area contributed by atoms with Gasteiger partial charge in [-0.05, 0) is 48.5 Å². The zero-order chi connectivity index (χ0) is 18.3. The van der Waals surface area contributed by atoms with Crippen LogP contribution in [0.25, 0.3) is 0 Å². The highest BCUT2D eigenvalue weighted by atomic mass is 35.5. The van der Waals surface area contributed by atoms with Crippen LogP contribution in [-0.2, 0) is 4.79 Å². The average Bonchev–Trinajstić information content (AvgIpc) is 2.90. The third-order valence-corrected chi connectivity index (χ3v) is 4.78. The van der Waals surface area contributed by atoms with Gasteiger partial charge in [-0.1, -0.05) is 41.4 Å². The summed E-state index contributed by atoms with van der Waals surface area (Å²) in [7, 11) is 0. The van der Waals surface area contributed by atoms with Crippen LogP contribution in [0, 0.1) is 0 Å². The van der Waals surface area contributed by atoms with Crippen LogP contribution in [0.1, 0.15) is 5.56 Å². The fourth-order valence-corrected chi connectivity index (χ4v) is 3.16. The first-order valence-electron chi connectivity index (χ1n) is 7.81. The van der Waals surface area contributed by atoms with E-state index in [1.807, 2.05) is 30.3 Å². The molecule has 26 heavy (non-hydrogen) atoms. The van der Waals surface area contributed by atoms with E-state index < -0.39 is 0 Å². The molecule has 3 aromatic carbocycles. The number of anilines is 2. The summed E-state index contributed by atoms with van der Waals surface area (Å²) >= 11 is 12.0. The highest BCUT2D eigenvalue weighted by molar-refractivity contribution is 6.56. The SMILES string of the molecule is O=C1C(=Nc2ccc(Cl)c(Cl)c2)c2cc(O)ccc2N1c1ccccc1. The molecule has 128 valence electrons. The lowest BCUT2D eigenvalue weighted by Gasteiger charge is -2.16. The number of carbonyl (C=O) groups excluding carboxylic acids is 1. The molecule has 4 nitrogen and oxygen atoms in total. The fraction of sp³-hybridized carbons (Fsp3) is 0. The van der Waals surface area contributed by atoms with Crippen LogP contribution in [0.15, 0.2) is 71.7 Å². The van der Waals surface area contributed by atoms with Crippen molar-refractivity contribution < 1.29 is 9.90 Å². The maximum absolute atomic E-state index is 13.1. The van der Waals surface area contributed by atoms with Gasteiger partial charge in [0.05, 0.1) is 21.4 Å². The minimum absolute atomic E-state index is 0.0632. The number of phenolic OH excluding ortho intramolecular Hbond substituents is 1. The van der Waals surface area contributed by atoms with Gasteiger partial charge in [-0.2, -0.15) is 0 Å². The number of aliphatic imine (C=N–C) groups is 1. The fourth-order valence-electron chi connectivity index (χ4n) is 2.86. The molecule has 0 unspecified atom stereocenters. The van der Waals surface area contributed by atoms with Crippen LogP contribution < -0.4 is 4.90 Å². The van der Waals surface area contributed by atoms with Crippen LogP contribution in [0.4, 0.5) is 17.1 Å². The van der Waals surface area contributed by atoms with Crippen molar-refractivity contribution in [3.63, 3.8) is 0 Å². The van der Waals surface area contributed by atoms with Crippen molar-refractivity contribution in [2.45, 2.75) is 0 Å². The molecule has 4 rings (SSSR count). The maximum Gasteiger partial charge on any atom is 0.282 e. The molecule has 0 radical (unpaired) electrons. The molecule has 0 bridgehead atoms. The predicted octanol–water partition coefficient (Wildman–Crippen LogP) is 5.50. The summed E-state index contributed by atoms with van der Waals surface area (Å²) < 4.78 is 0. The molecular formula is C20H12Cl2N2O2. The quantitative estimate of drug-likeness (QED) is 0.636. The van der Waals surface area contributed by atoms with Gasteiger partial charge in [0.1, 0.15) is 11.5 Å². The molecule has 0 saturated carbocycles. The average molecular weight is 383 g/mol. The van der Waals surface area contributed by atoms with Crippen LogP contribution in [0.3, 0.4) is 0 Å². The molecule has 1 heterocycles. The number of benzene rings is 3. The molecular weight excluding hydrogens is 371 g/mol. The first-order valence-corrected chi connectivity index (χ1v) is 8.57. The smallest absolute Gasteiger partial charge is 0.282 e. The molecule has 0 atom stereocenters. The number of rotatable bonds is 2. The Hall–Kier alpha value is -2.82. The summed E-state index contributed by atoms with van der Waals surface area (Å²) in [6, 6.07) is 19.0. The highest BCUT2D eigenvalue weighted by Crippen LogP contribution is 2.38. The van der Waals surface area contributed by atoms with E-state index in [2.05, 4.69) is 4.99 Å². The van der Waals surface area contributed by atoms with Crippen molar-refractivity contribution in [2.24, 2.45) is 4.99 Å². The zero-order valence-electron chi connectivity index (χ0n) is 13.4. The molecule has 1 aliphatic rings. The summed E-state index contributed by atoms with van der Waals surface area (Å²) in [6.45, 7) is 0. The van der Waals surface area contributed by atoms with Gasteiger partial charge in [0.2, 0.25) is 0 Å². The number of amides is 1. The Kier molecular flexibility index (Phi) is 4.15. The van der Waals surface area contributed by atoms with Gasteiger partial charge in [-0.25, -0.2) is 4.99 Å². The molecule has 1 aliphatic heterocycles. The maximum atomic E-state index is 13.1. The van der Waals surface area contributed by atoms with Gasteiger partial charge < -0.3 is 5.11 Å². The van der Waals surface area contributed by atoms with E-state index >= 15 is 0 Å². The second-order valence-corrected chi connectivity index (χ2v) is 6.55. The van der Waals surface area contributed by atoms with Crippen molar-refractivity contribution in [3.05, 3.63) is 82.3 Å². The molecule has 0 aromatic heterocycles. The molecule has 1 N–H and O–H groups in total. The monoisotopic (exact) mass is 382 g/mol. The summed E-state index contributed by atoms with van der Waals surface area (Å²) in [5.41, 5.74) is 2.69. The Morgan fingerprint density at radius 3 is 2.38 bits per heavy atom. The van der Waals surface area contributed by atoms with E-state index in [4.69, 9.17) is 23.2 Å². The summed E-state index contributed by atoms with van der Waals surface area (Å²) in [4.78, 5) is 19.1. The molecule has 0 aliphatic carbocycles. The lowest BCUT2D eigenvalue weighted by Crippen LogP contribution is -2.25. The number of aromatic hydroxyl groups is 1. The Balaban J connectivity index is 1.88. The molecule has 0 fully saturated rings. The van der Waals surface area contributed by atoms with Crippen molar-refractivity contribution in [1.29, 1.82) is 0 Å². The van der Waals surface area contributed by atoms with Gasteiger partial charge in [0.15, 0.2) is 0 Å². The standard InChI is InChI=1S/C20H12Cl2N2O2/c21-16-8-6-12(10-17(16)22)23-19-15-11-14(25)7-9-18(15)24(20(19)26)13-4-2-1-3-5-13/h1-11,25H. The Labute approximate surface area is 159 Å². The molecule has 3 aromatic rings. The highest BCUT2D eigenvalue weighted by Gasteiger charge is 2.35. The predicted molar refractivity (Wildman–Crippen MR) is 104 cm³/mol. The Bertz CT molecular complexity index is 1050. The van der Waals surface area contributed by atoms with Gasteiger partial charge in [0.25, 0.3) is 5.91 Å². The number of fused-ring (bicyclic) bond motifs is 1.